The maximum absolute atomic E-state index is 12.2. The molecule has 0 aliphatic carbocycles. The van der Waals surface area contributed by atoms with Crippen molar-refractivity contribution in [3.05, 3.63) is 83.7 Å². The van der Waals surface area contributed by atoms with E-state index in [9.17, 15) is 4.79 Å². The molecule has 0 atom stereocenters. The van der Waals surface area contributed by atoms with Crippen molar-refractivity contribution in [2.75, 3.05) is 11.9 Å². The normalized spacial score (nSPS) is 10.3. The van der Waals surface area contributed by atoms with Gasteiger partial charge in [-0.05, 0) is 36.1 Å². The van der Waals surface area contributed by atoms with Crippen LogP contribution in [0.3, 0.4) is 0 Å². The Bertz CT molecular complexity index is 830. The number of hydrogen-bond acceptors (Lipinski definition) is 4. The molecule has 3 aromatic rings. The Morgan fingerprint density at radius 3 is 2.27 bits per heavy atom. The van der Waals surface area contributed by atoms with Gasteiger partial charge in [-0.2, -0.15) is 0 Å². The van der Waals surface area contributed by atoms with Crippen LogP contribution in [0.15, 0.2) is 67.0 Å². The topological polar surface area (TPSA) is 66.9 Å². The second-order valence-corrected chi connectivity index (χ2v) is 5.96. The summed E-state index contributed by atoms with van der Waals surface area (Å²) in [5.41, 5.74) is 3.84. The Hall–Kier alpha value is -3.21. The third kappa shape index (κ3) is 4.89. The van der Waals surface area contributed by atoms with Gasteiger partial charge in [0.1, 0.15) is 0 Å². The highest BCUT2D eigenvalue weighted by Crippen LogP contribution is 2.14. The smallest absolute Gasteiger partial charge is 0.254 e. The van der Waals surface area contributed by atoms with Crippen LogP contribution in [0.1, 0.15) is 28.4 Å². The fourth-order valence-corrected chi connectivity index (χ4v) is 2.53. The number of amides is 1. The van der Waals surface area contributed by atoms with Gasteiger partial charge in [0.2, 0.25) is 5.95 Å². The molecule has 3 rings (SSSR count). The largest absolute Gasteiger partial charge is 0.352 e. The molecule has 0 spiro atoms. The maximum atomic E-state index is 12.2. The van der Waals surface area contributed by atoms with Crippen molar-refractivity contribution in [2.45, 2.75) is 19.8 Å². The molecule has 0 radical (unpaired) electrons. The summed E-state index contributed by atoms with van der Waals surface area (Å²) in [5, 5.41) is 6.02. The molecule has 5 nitrogen and oxygen atoms in total. The summed E-state index contributed by atoms with van der Waals surface area (Å²) >= 11 is 0. The lowest BCUT2D eigenvalue weighted by Gasteiger charge is -2.07. The fourth-order valence-electron chi connectivity index (χ4n) is 2.53. The number of carbonyl (C=O) groups excluding carboxylic acids is 1. The van der Waals surface area contributed by atoms with E-state index in [4.69, 9.17) is 0 Å². The molecule has 1 aromatic heterocycles. The van der Waals surface area contributed by atoms with Crippen LogP contribution in [-0.2, 0) is 12.8 Å². The predicted molar refractivity (Wildman–Crippen MR) is 104 cm³/mol. The van der Waals surface area contributed by atoms with Crippen molar-refractivity contribution in [1.29, 1.82) is 0 Å². The first kappa shape index (κ1) is 17.6. The number of aromatic nitrogens is 2. The van der Waals surface area contributed by atoms with Crippen molar-refractivity contribution < 1.29 is 4.79 Å². The summed E-state index contributed by atoms with van der Waals surface area (Å²) in [6.45, 7) is 2.70. The van der Waals surface area contributed by atoms with E-state index in [1.165, 1.54) is 23.5 Å². The number of hydrogen-bond donors (Lipinski definition) is 2. The molecule has 2 aromatic carbocycles. The monoisotopic (exact) mass is 346 g/mol. The number of nitrogens with zero attached hydrogens (tertiary/aromatic N) is 2. The summed E-state index contributed by atoms with van der Waals surface area (Å²) < 4.78 is 0. The maximum Gasteiger partial charge on any atom is 0.254 e. The van der Waals surface area contributed by atoms with Gasteiger partial charge < -0.3 is 10.6 Å². The molecule has 0 bridgehead atoms. The first-order chi connectivity index (χ1) is 12.7. The van der Waals surface area contributed by atoms with Crippen molar-refractivity contribution in [3.63, 3.8) is 0 Å². The highest BCUT2D eigenvalue weighted by molar-refractivity contribution is 5.93. The highest BCUT2D eigenvalue weighted by Gasteiger charge is 2.07. The molecule has 1 amide bonds. The lowest BCUT2D eigenvalue weighted by Crippen LogP contribution is -2.26. The van der Waals surface area contributed by atoms with Crippen molar-refractivity contribution in [3.8, 4) is 0 Å². The number of rotatable bonds is 7. The summed E-state index contributed by atoms with van der Waals surface area (Å²) in [5.74, 6) is 0.301. The molecule has 26 heavy (non-hydrogen) atoms. The molecule has 0 saturated carbocycles. The fraction of sp³-hybridized carbons (Fsp3) is 0.190. The SMILES string of the molecule is CCc1ccc(Nc2ncc(C(=O)NCCc3ccccc3)cn2)cc1. The minimum atomic E-state index is -0.167. The van der Waals surface area contributed by atoms with Gasteiger partial charge in [0.25, 0.3) is 5.91 Å². The van der Waals surface area contributed by atoms with Crippen molar-refractivity contribution in [2.24, 2.45) is 0 Å². The third-order valence-corrected chi connectivity index (χ3v) is 4.07. The number of aryl methyl sites for hydroxylation is 1. The Morgan fingerprint density at radius 2 is 1.62 bits per heavy atom. The standard InChI is InChI=1S/C21H22N4O/c1-2-16-8-10-19(11-9-16)25-21-23-14-18(15-24-21)20(26)22-13-12-17-6-4-3-5-7-17/h3-11,14-15H,2,12-13H2,1H3,(H,22,26)(H,23,24,25). The molecule has 0 aliphatic heterocycles. The molecule has 132 valence electrons. The van der Waals surface area contributed by atoms with E-state index in [1.54, 1.807) is 0 Å². The van der Waals surface area contributed by atoms with E-state index in [1.807, 2.05) is 42.5 Å². The lowest BCUT2D eigenvalue weighted by atomic mass is 10.1. The van der Waals surface area contributed by atoms with Gasteiger partial charge in [-0.25, -0.2) is 9.97 Å². The molecule has 0 aliphatic rings. The van der Waals surface area contributed by atoms with E-state index in [0.29, 0.717) is 18.1 Å². The average molecular weight is 346 g/mol. The first-order valence-corrected chi connectivity index (χ1v) is 8.74. The van der Waals surface area contributed by atoms with Gasteiger partial charge in [0, 0.05) is 24.6 Å². The van der Waals surface area contributed by atoms with Gasteiger partial charge in [0.15, 0.2) is 0 Å². The summed E-state index contributed by atoms with van der Waals surface area (Å²) in [6.07, 6.45) is 4.87. The summed E-state index contributed by atoms with van der Waals surface area (Å²) in [6, 6.07) is 18.2. The van der Waals surface area contributed by atoms with E-state index >= 15 is 0 Å². The van der Waals surface area contributed by atoms with E-state index in [2.05, 4.69) is 39.7 Å². The van der Waals surface area contributed by atoms with Gasteiger partial charge in [-0.1, -0.05) is 49.4 Å². The number of carbonyl (C=O) groups is 1. The van der Waals surface area contributed by atoms with E-state index in [0.717, 1.165) is 18.5 Å². The summed E-state index contributed by atoms with van der Waals surface area (Å²) in [7, 11) is 0. The zero-order valence-corrected chi connectivity index (χ0v) is 14.8. The van der Waals surface area contributed by atoms with Gasteiger partial charge in [-0.15, -0.1) is 0 Å². The first-order valence-electron chi connectivity index (χ1n) is 8.74. The van der Waals surface area contributed by atoms with Crippen LogP contribution >= 0.6 is 0 Å². The van der Waals surface area contributed by atoms with Crippen LogP contribution < -0.4 is 10.6 Å². The molecular weight excluding hydrogens is 324 g/mol. The Balaban J connectivity index is 1.52. The highest BCUT2D eigenvalue weighted by atomic mass is 16.1. The van der Waals surface area contributed by atoms with Gasteiger partial charge >= 0.3 is 0 Å². The Kier molecular flexibility index (Phi) is 5.93. The van der Waals surface area contributed by atoms with Gasteiger partial charge in [-0.3, -0.25) is 4.79 Å². The second-order valence-electron chi connectivity index (χ2n) is 5.96. The van der Waals surface area contributed by atoms with E-state index < -0.39 is 0 Å². The van der Waals surface area contributed by atoms with Crippen molar-refractivity contribution in [1.82, 2.24) is 15.3 Å². The molecular formula is C21H22N4O. The van der Waals surface area contributed by atoms with Crippen LogP contribution in [-0.4, -0.2) is 22.4 Å². The van der Waals surface area contributed by atoms with Crippen molar-refractivity contribution >= 4 is 17.5 Å². The summed E-state index contributed by atoms with van der Waals surface area (Å²) in [4.78, 5) is 20.6. The van der Waals surface area contributed by atoms with Crippen LogP contribution in [0.4, 0.5) is 11.6 Å². The molecule has 5 heteroatoms. The predicted octanol–water partition coefficient (Wildman–Crippen LogP) is 3.76. The minimum absolute atomic E-state index is 0.167. The molecule has 0 saturated heterocycles. The Labute approximate surface area is 153 Å². The molecule has 2 N–H and O–H groups in total. The number of anilines is 2. The van der Waals surface area contributed by atoms with Gasteiger partial charge in [0.05, 0.1) is 5.56 Å². The molecule has 0 unspecified atom stereocenters. The lowest BCUT2D eigenvalue weighted by molar-refractivity contribution is 0.0953. The van der Waals surface area contributed by atoms with E-state index in [-0.39, 0.29) is 5.91 Å². The minimum Gasteiger partial charge on any atom is -0.352 e. The number of nitrogens with one attached hydrogen (secondary N) is 2. The molecule has 0 fully saturated rings. The van der Waals surface area contributed by atoms with Crippen LogP contribution in [0.25, 0.3) is 0 Å². The zero-order valence-electron chi connectivity index (χ0n) is 14.8. The van der Waals surface area contributed by atoms with Crippen LogP contribution in [0, 0.1) is 0 Å². The number of benzene rings is 2. The second kappa shape index (κ2) is 8.76. The Morgan fingerprint density at radius 1 is 0.923 bits per heavy atom. The zero-order chi connectivity index (χ0) is 18.2. The molecule has 1 heterocycles. The third-order valence-electron chi connectivity index (χ3n) is 4.07. The quantitative estimate of drug-likeness (QED) is 0.684. The van der Waals surface area contributed by atoms with Crippen LogP contribution in [0.2, 0.25) is 0 Å². The van der Waals surface area contributed by atoms with Crippen LogP contribution in [0.5, 0.6) is 0 Å². The average Bonchev–Trinajstić information content (AvgIpc) is 2.70.